The Morgan fingerprint density at radius 2 is 2.00 bits per heavy atom. The number of methoxy groups -OCH3 is 1. The van der Waals surface area contributed by atoms with Crippen molar-refractivity contribution in [2.45, 2.75) is 26.3 Å². The van der Waals surface area contributed by atoms with Crippen molar-refractivity contribution in [2.75, 3.05) is 50.1 Å². The normalized spacial score (nSPS) is 15.6. The fourth-order valence-electron chi connectivity index (χ4n) is 3.62. The smallest absolute Gasteiger partial charge is 0.339 e. The van der Waals surface area contributed by atoms with E-state index in [1.54, 1.807) is 44.5 Å². The van der Waals surface area contributed by atoms with Gasteiger partial charge in [0.1, 0.15) is 11.6 Å². The van der Waals surface area contributed by atoms with Crippen LogP contribution in [0.3, 0.4) is 0 Å². The number of hydrogen-bond acceptors (Lipinski definition) is 7. The molecule has 1 atom stereocenters. The molecule has 1 amide bonds. The molecule has 1 aromatic heterocycles. The number of hydrogen-bond donors (Lipinski definition) is 1. The van der Waals surface area contributed by atoms with E-state index < -0.39 is 0 Å². The maximum Gasteiger partial charge on any atom is 0.339 e. The van der Waals surface area contributed by atoms with Gasteiger partial charge < -0.3 is 19.7 Å². The van der Waals surface area contributed by atoms with Crippen LogP contribution in [0.5, 0.6) is 5.75 Å². The SMILES string of the molecule is CCOC(=O)c1ccc(N2CCCN(C(C)C(=O)Nc3ccc(OC)c(Cl)c3)CC2)nc1. The first-order valence-electron chi connectivity index (χ1n) is 10.7. The molecule has 1 aliphatic rings. The van der Waals surface area contributed by atoms with E-state index in [2.05, 4.69) is 20.1 Å². The maximum atomic E-state index is 12.8. The van der Waals surface area contributed by atoms with E-state index in [0.717, 1.165) is 38.4 Å². The molecule has 1 aliphatic heterocycles. The highest BCUT2D eigenvalue weighted by Gasteiger charge is 2.25. The average molecular weight is 461 g/mol. The van der Waals surface area contributed by atoms with Crippen molar-refractivity contribution in [2.24, 2.45) is 0 Å². The van der Waals surface area contributed by atoms with Crippen LogP contribution in [0, 0.1) is 0 Å². The first-order chi connectivity index (χ1) is 15.4. The molecule has 0 aliphatic carbocycles. The third-order valence-corrected chi connectivity index (χ3v) is 5.76. The Labute approximate surface area is 193 Å². The van der Waals surface area contributed by atoms with E-state index >= 15 is 0 Å². The molecule has 32 heavy (non-hydrogen) atoms. The highest BCUT2D eigenvalue weighted by atomic mass is 35.5. The van der Waals surface area contributed by atoms with Gasteiger partial charge in [-0.25, -0.2) is 9.78 Å². The predicted octanol–water partition coefficient (Wildman–Crippen LogP) is 3.46. The number of esters is 1. The minimum atomic E-state index is -0.369. The van der Waals surface area contributed by atoms with Crippen LogP contribution in [-0.2, 0) is 9.53 Å². The molecule has 0 radical (unpaired) electrons. The second-order valence-electron chi connectivity index (χ2n) is 7.52. The van der Waals surface area contributed by atoms with Gasteiger partial charge in [-0.1, -0.05) is 11.6 Å². The topological polar surface area (TPSA) is 84.0 Å². The van der Waals surface area contributed by atoms with Crippen LogP contribution in [-0.4, -0.2) is 67.7 Å². The van der Waals surface area contributed by atoms with Crippen molar-refractivity contribution in [1.29, 1.82) is 0 Å². The van der Waals surface area contributed by atoms with Crippen molar-refractivity contribution in [3.8, 4) is 5.75 Å². The molecule has 2 heterocycles. The molecule has 1 saturated heterocycles. The van der Waals surface area contributed by atoms with Crippen LogP contribution >= 0.6 is 11.6 Å². The summed E-state index contributed by atoms with van der Waals surface area (Å²) in [7, 11) is 1.55. The number of ether oxygens (including phenoxy) is 2. The van der Waals surface area contributed by atoms with Gasteiger partial charge in [0.15, 0.2) is 0 Å². The van der Waals surface area contributed by atoms with E-state index in [1.165, 1.54) is 0 Å². The van der Waals surface area contributed by atoms with Crippen molar-refractivity contribution in [3.05, 3.63) is 47.1 Å². The van der Waals surface area contributed by atoms with E-state index in [9.17, 15) is 9.59 Å². The van der Waals surface area contributed by atoms with Crippen LogP contribution in [0.25, 0.3) is 0 Å². The third-order valence-electron chi connectivity index (χ3n) is 5.46. The Morgan fingerprint density at radius 1 is 1.19 bits per heavy atom. The fraction of sp³-hybridized carbons (Fsp3) is 0.435. The molecule has 2 aromatic rings. The number of carbonyl (C=O) groups is 2. The lowest BCUT2D eigenvalue weighted by molar-refractivity contribution is -0.120. The number of halogens is 1. The second-order valence-corrected chi connectivity index (χ2v) is 7.92. The van der Waals surface area contributed by atoms with E-state index in [-0.39, 0.29) is 17.9 Å². The zero-order chi connectivity index (χ0) is 23.1. The number of carbonyl (C=O) groups excluding carboxylic acids is 2. The van der Waals surface area contributed by atoms with Crippen LogP contribution in [0.4, 0.5) is 11.5 Å². The van der Waals surface area contributed by atoms with Gasteiger partial charge in [-0.3, -0.25) is 9.69 Å². The summed E-state index contributed by atoms with van der Waals surface area (Å²) in [5, 5.41) is 3.38. The van der Waals surface area contributed by atoms with Gasteiger partial charge in [-0.05, 0) is 50.6 Å². The van der Waals surface area contributed by atoms with Gasteiger partial charge in [-0.15, -0.1) is 0 Å². The van der Waals surface area contributed by atoms with E-state index in [1.807, 2.05) is 13.0 Å². The molecule has 1 fully saturated rings. The molecule has 0 bridgehead atoms. The number of nitrogens with one attached hydrogen (secondary N) is 1. The lowest BCUT2D eigenvalue weighted by atomic mass is 10.2. The van der Waals surface area contributed by atoms with Gasteiger partial charge in [0.2, 0.25) is 5.91 Å². The highest BCUT2D eigenvalue weighted by Crippen LogP contribution is 2.27. The highest BCUT2D eigenvalue weighted by molar-refractivity contribution is 6.32. The average Bonchev–Trinajstić information content (AvgIpc) is 3.05. The zero-order valence-corrected chi connectivity index (χ0v) is 19.4. The Kier molecular flexibility index (Phi) is 8.30. The van der Waals surface area contributed by atoms with Gasteiger partial charge in [0.25, 0.3) is 0 Å². The lowest BCUT2D eigenvalue weighted by Gasteiger charge is -2.27. The van der Waals surface area contributed by atoms with Gasteiger partial charge in [-0.2, -0.15) is 0 Å². The van der Waals surface area contributed by atoms with Crippen molar-refractivity contribution in [3.63, 3.8) is 0 Å². The summed E-state index contributed by atoms with van der Waals surface area (Å²) in [6.45, 7) is 7.09. The Balaban J connectivity index is 1.57. The summed E-state index contributed by atoms with van der Waals surface area (Å²) >= 11 is 6.16. The van der Waals surface area contributed by atoms with E-state index in [4.69, 9.17) is 21.1 Å². The summed E-state index contributed by atoms with van der Waals surface area (Å²) < 4.78 is 10.2. The second kappa shape index (κ2) is 11.2. The Hall–Kier alpha value is -2.84. The molecular weight excluding hydrogens is 432 g/mol. The largest absolute Gasteiger partial charge is 0.495 e. The number of benzene rings is 1. The molecule has 0 spiro atoms. The molecule has 1 unspecified atom stereocenters. The molecule has 172 valence electrons. The monoisotopic (exact) mass is 460 g/mol. The standard InChI is InChI=1S/C23H29ClN4O4/c1-4-32-23(30)17-6-9-21(25-15-17)28-11-5-10-27(12-13-28)16(2)22(29)26-18-7-8-20(31-3)19(24)14-18/h6-9,14-16H,4-5,10-13H2,1-3H3,(H,26,29). The van der Waals surface area contributed by atoms with Crippen LogP contribution in [0.1, 0.15) is 30.6 Å². The quantitative estimate of drug-likeness (QED) is 0.633. The number of anilines is 2. The van der Waals surface area contributed by atoms with Gasteiger partial charge in [0, 0.05) is 38.1 Å². The van der Waals surface area contributed by atoms with Gasteiger partial charge >= 0.3 is 5.97 Å². The number of nitrogens with zero attached hydrogens (tertiary/aromatic N) is 3. The number of rotatable bonds is 7. The zero-order valence-electron chi connectivity index (χ0n) is 18.6. The maximum absolute atomic E-state index is 12.8. The van der Waals surface area contributed by atoms with Crippen molar-refractivity contribution < 1.29 is 19.1 Å². The molecule has 1 N–H and O–H groups in total. The summed E-state index contributed by atoms with van der Waals surface area (Å²) in [5.74, 6) is 0.919. The van der Waals surface area contributed by atoms with Gasteiger partial charge in [0.05, 0.1) is 30.3 Å². The molecule has 3 rings (SSSR count). The molecule has 0 saturated carbocycles. The first kappa shape index (κ1) is 23.8. The molecule has 1 aromatic carbocycles. The molecule has 8 nitrogen and oxygen atoms in total. The summed E-state index contributed by atoms with van der Waals surface area (Å²) in [5.41, 5.74) is 1.07. The molecule has 9 heteroatoms. The van der Waals surface area contributed by atoms with Crippen molar-refractivity contribution >= 4 is 35.0 Å². The van der Waals surface area contributed by atoms with Crippen LogP contribution < -0.4 is 15.0 Å². The lowest BCUT2D eigenvalue weighted by Crippen LogP contribution is -2.44. The minimum absolute atomic E-state index is 0.0865. The number of aromatic nitrogens is 1. The third kappa shape index (κ3) is 5.89. The fourth-order valence-corrected chi connectivity index (χ4v) is 3.88. The minimum Gasteiger partial charge on any atom is -0.495 e. The first-order valence-corrected chi connectivity index (χ1v) is 11.1. The van der Waals surface area contributed by atoms with E-state index in [0.29, 0.717) is 28.6 Å². The summed E-state index contributed by atoms with van der Waals surface area (Å²) in [4.78, 5) is 33.4. The predicted molar refractivity (Wildman–Crippen MR) is 125 cm³/mol. The summed E-state index contributed by atoms with van der Waals surface area (Å²) in [6, 6.07) is 8.46. The number of amides is 1. The number of pyridine rings is 1. The molecular formula is C23H29ClN4O4. The van der Waals surface area contributed by atoms with Crippen LogP contribution in [0.15, 0.2) is 36.5 Å². The van der Waals surface area contributed by atoms with Crippen LogP contribution in [0.2, 0.25) is 5.02 Å². The Morgan fingerprint density at radius 3 is 2.66 bits per heavy atom. The summed E-state index contributed by atoms with van der Waals surface area (Å²) in [6.07, 6.45) is 2.44. The van der Waals surface area contributed by atoms with Crippen molar-refractivity contribution in [1.82, 2.24) is 9.88 Å². The Bertz CT molecular complexity index is 938.